The van der Waals surface area contributed by atoms with Gasteiger partial charge in [-0.2, -0.15) is 0 Å². The first-order chi connectivity index (χ1) is 27.0. The maximum Gasteiger partial charge on any atom is 0.239 e. The Kier molecular flexibility index (Phi) is 13.3. The summed E-state index contributed by atoms with van der Waals surface area (Å²) in [6, 6.07) is 15.8. The number of aliphatic hydroxyl groups is 2. The maximum absolute atomic E-state index is 14.4. The molecule has 0 unspecified atom stereocenters. The first kappa shape index (κ1) is 39.5. The Hall–Kier alpha value is -3.70. The van der Waals surface area contributed by atoms with Crippen LogP contribution in [0.25, 0.3) is 0 Å². The van der Waals surface area contributed by atoms with E-state index in [1.54, 1.807) is 6.08 Å². The summed E-state index contributed by atoms with van der Waals surface area (Å²) < 4.78 is 20.8. The zero-order chi connectivity index (χ0) is 38.2. The van der Waals surface area contributed by atoms with Crippen LogP contribution in [0.15, 0.2) is 78.0 Å². The van der Waals surface area contributed by atoms with Crippen molar-refractivity contribution in [3.05, 3.63) is 84.0 Å². The molecule has 2 N–H and O–H groups in total. The average molecular weight is 756 g/mol. The van der Waals surface area contributed by atoms with E-state index in [0.29, 0.717) is 26.2 Å². The van der Waals surface area contributed by atoms with Gasteiger partial charge in [0.2, 0.25) is 11.7 Å². The largest absolute Gasteiger partial charge is 0.492 e. The van der Waals surface area contributed by atoms with Gasteiger partial charge in [0, 0.05) is 63.2 Å². The van der Waals surface area contributed by atoms with Crippen molar-refractivity contribution in [1.82, 2.24) is 9.80 Å². The minimum Gasteiger partial charge on any atom is -0.492 e. The summed E-state index contributed by atoms with van der Waals surface area (Å²) in [6.45, 7) is 11.4. The molecule has 1 saturated heterocycles. The smallest absolute Gasteiger partial charge is 0.239 e. The highest BCUT2D eigenvalue weighted by Gasteiger charge is 2.65. The van der Waals surface area contributed by atoms with Gasteiger partial charge in [-0.25, -0.2) is 0 Å². The Morgan fingerprint density at radius 1 is 1.07 bits per heavy atom. The van der Waals surface area contributed by atoms with Crippen LogP contribution < -0.4 is 9.47 Å². The molecular weight excluding hydrogens is 695 g/mol. The lowest BCUT2D eigenvalue weighted by atomic mass is 9.55. The third-order valence-electron chi connectivity index (χ3n) is 12.2. The lowest BCUT2D eigenvalue weighted by Gasteiger charge is -2.60. The molecule has 2 aliphatic heterocycles. The van der Waals surface area contributed by atoms with Crippen LogP contribution in [-0.4, -0.2) is 96.1 Å². The number of fused-ring (bicyclic) bond motifs is 2. The molecule has 0 bridgehead atoms. The molecule has 298 valence electrons. The van der Waals surface area contributed by atoms with E-state index in [0.717, 1.165) is 111 Å². The lowest BCUT2D eigenvalue weighted by molar-refractivity contribution is -0.257. The topological polar surface area (TPSA) is 113 Å². The number of benzene rings is 2. The van der Waals surface area contributed by atoms with E-state index in [2.05, 4.69) is 30.5 Å². The molecule has 2 heterocycles. The van der Waals surface area contributed by atoms with E-state index in [4.69, 9.17) is 24.2 Å². The predicted molar refractivity (Wildman–Crippen MR) is 213 cm³/mol. The van der Waals surface area contributed by atoms with Gasteiger partial charge < -0.3 is 34.2 Å². The Labute approximate surface area is 327 Å². The number of allylic oxidation sites excluding steroid dienone is 1. The monoisotopic (exact) mass is 755 g/mol. The van der Waals surface area contributed by atoms with Crippen molar-refractivity contribution in [2.24, 2.45) is 28.8 Å². The zero-order valence-electron chi connectivity index (χ0n) is 32.7. The van der Waals surface area contributed by atoms with Crippen LogP contribution in [0.5, 0.6) is 11.5 Å². The van der Waals surface area contributed by atoms with Crippen molar-refractivity contribution < 1.29 is 34.1 Å². The fraction of sp³-hybridized carbons (Fsp3) is 0.600. The molecule has 1 amide bonds. The molecule has 2 saturated carbocycles. The second kappa shape index (κ2) is 18.5. The first-order valence-electron chi connectivity index (χ1n) is 20.9. The summed E-state index contributed by atoms with van der Waals surface area (Å²) in [5.74, 6) is 0.488. The van der Waals surface area contributed by atoms with Crippen molar-refractivity contribution in [3.8, 4) is 11.5 Å². The molecule has 3 fully saturated rings. The summed E-state index contributed by atoms with van der Waals surface area (Å²) in [5, 5.41) is 24.7. The summed E-state index contributed by atoms with van der Waals surface area (Å²) in [6.07, 6.45) is 12.2. The molecule has 2 aromatic rings. The number of oxime groups is 1. The molecular formula is C45H61N3O7. The van der Waals surface area contributed by atoms with Crippen molar-refractivity contribution in [2.75, 3.05) is 52.6 Å². The van der Waals surface area contributed by atoms with Gasteiger partial charge in [-0.15, -0.1) is 6.58 Å². The van der Waals surface area contributed by atoms with Gasteiger partial charge in [0.25, 0.3) is 0 Å². The number of aliphatic hydroxyl groups excluding tert-OH is 2. The molecule has 10 nitrogen and oxygen atoms in total. The molecule has 10 heteroatoms. The Morgan fingerprint density at radius 3 is 2.56 bits per heavy atom. The molecule has 0 radical (unpaired) electrons. The van der Waals surface area contributed by atoms with Crippen molar-refractivity contribution in [2.45, 2.75) is 95.5 Å². The molecule has 6 atom stereocenters. The highest BCUT2D eigenvalue weighted by Crippen LogP contribution is 2.62. The zero-order valence-corrected chi connectivity index (χ0v) is 32.7. The number of rotatable bonds is 22. The van der Waals surface area contributed by atoms with E-state index in [-0.39, 0.29) is 55.3 Å². The Morgan fingerprint density at radius 2 is 1.85 bits per heavy atom. The summed E-state index contributed by atoms with van der Waals surface area (Å²) >= 11 is 0. The fourth-order valence-electron chi connectivity index (χ4n) is 9.31. The number of amides is 1. The molecule has 7 rings (SSSR count). The van der Waals surface area contributed by atoms with Crippen molar-refractivity contribution in [1.29, 1.82) is 0 Å². The Balaban J connectivity index is 1.39. The number of unbranched alkanes of at least 4 members (excludes halogenated alkanes) is 2. The minimum absolute atomic E-state index is 0.0153. The van der Waals surface area contributed by atoms with Crippen molar-refractivity contribution >= 4 is 11.6 Å². The molecule has 2 aromatic carbocycles. The molecule has 3 aliphatic carbocycles. The van der Waals surface area contributed by atoms with Gasteiger partial charge in [-0.05, 0) is 86.1 Å². The third-order valence-corrected chi connectivity index (χ3v) is 12.2. The van der Waals surface area contributed by atoms with E-state index < -0.39 is 11.8 Å². The third kappa shape index (κ3) is 8.98. The maximum atomic E-state index is 14.4. The summed E-state index contributed by atoms with van der Waals surface area (Å²) in [7, 11) is 0. The van der Waals surface area contributed by atoms with Gasteiger partial charge in [-0.3, -0.25) is 9.69 Å². The number of hydrogen-bond acceptors (Lipinski definition) is 9. The van der Waals surface area contributed by atoms with Crippen LogP contribution in [0.2, 0.25) is 0 Å². The van der Waals surface area contributed by atoms with Gasteiger partial charge in [0.05, 0.1) is 18.2 Å². The summed E-state index contributed by atoms with van der Waals surface area (Å²) in [5.41, 5.74) is 4.00. The number of hydrogen-bond donors (Lipinski definition) is 2. The molecule has 0 aromatic heterocycles. The quantitative estimate of drug-likeness (QED) is 0.0581. The highest BCUT2D eigenvalue weighted by atomic mass is 16.7. The van der Waals surface area contributed by atoms with Gasteiger partial charge in [0.15, 0.2) is 0 Å². The molecule has 0 spiro atoms. The van der Waals surface area contributed by atoms with Crippen LogP contribution in [0, 0.1) is 23.7 Å². The van der Waals surface area contributed by atoms with Gasteiger partial charge in [-0.1, -0.05) is 67.4 Å². The SMILES string of the molecule is C=CCO[C@@]12Oc3ccc(OCCN4CC4)cc3[C@H]3[C@H](CCCCO)[C@@H](CCCCO)C=C(C(=NOCc4ccccc4)C[C@@H]1N(CCC)C(=O)C1CC1)[C@H]32. The first-order valence-corrected chi connectivity index (χ1v) is 20.9. The molecule has 5 aliphatic rings. The minimum atomic E-state index is -1.22. The normalized spacial score (nSPS) is 27.4. The predicted octanol–water partition coefficient (Wildman–Crippen LogP) is 6.86. The van der Waals surface area contributed by atoms with Gasteiger partial charge in [0.1, 0.15) is 30.8 Å². The number of nitrogens with zero attached hydrogens (tertiary/aromatic N) is 3. The number of ether oxygens (including phenoxy) is 3. The number of carbonyl (C=O) groups is 1. The average Bonchev–Trinajstić information content (AvgIpc) is 4.14. The second-order valence-corrected chi connectivity index (χ2v) is 16.0. The second-order valence-electron chi connectivity index (χ2n) is 16.0. The van der Waals surface area contributed by atoms with Crippen LogP contribution in [0.1, 0.15) is 88.2 Å². The van der Waals surface area contributed by atoms with Crippen LogP contribution in [0.3, 0.4) is 0 Å². The fourth-order valence-corrected chi connectivity index (χ4v) is 9.31. The van der Waals surface area contributed by atoms with Crippen molar-refractivity contribution in [3.63, 3.8) is 0 Å². The van der Waals surface area contributed by atoms with Gasteiger partial charge >= 0.3 is 0 Å². The van der Waals surface area contributed by atoms with E-state index in [9.17, 15) is 15.0 Å². The molecule has 55 heavy (non-hydrogen) atoms. The van der Waals surface area contributed by atoms with Crippen LogP contribution >= 0.6 is 0 Å². The van der Waals surface area contributed by atoms with Crippen LogP contribution in [-0.2, 0) is 21.0 Å². The van der Waals surface area contributed by atoms with E-state index >= 15 is 0 Å². The number of carbonyl (C=O) groups excluding carboxylic acids is 1. The Bertz CT molecular complexity index is 1660. The summed E-state index contributed by atoms with van der Waals surface area (Å²) in [4.78, 5) is 25.0. The van der Waals surface area contributed by atoms with Crippen LogP contribution in [0.4, 0.5) is 0 Å². The van der Waals surface area contributed by atoms with E-state index in [1.165, 1.54) is 0 Å². The van der Waals surface area contributed by atoms with E-state index in [1.807, 2.05) is 47.4 Å². The lowest BCUT2D eigenvalue weighted by Crippen LogP contribution is -2.70. The highest BCUT2D eigenvalue weighted by molar-refractivity contribution is 6.03. The standard InChI is InChI=1S/C45H61N3O7/c1-3-20-48(44(51)33-16-17-33)41-30-39(46-54-31-32-12-6-5-7-13-32)37-28-34(14-8-10-24-49)36(15-9-11-25-50)42-38-29-35(52-27-23-47-21-22-47)18-19-40(38)55-45(41,43(37)42)53-26-4-2/h4-7,12-13,18-19,28-29,33-34,36,41-43,49-50H,2-3,8-11,14-17,20-27,30-31H2,1H3/t34-,36+,41-,42+,43+,45+/m0/s1.